The zero-order valence-electron chi connectivity index (χ0n) is 21.3. The summed E-state index contributed by atoms with van der Waals surface area (Å²) in [5.41, 5.74) is 12.4. The van der Waals surface area contributed by atoms with Crippen LogP contribution in [0, 0.1) is 11.2 Å². The van der Waals surface area contributed by atoms with Crippen molar-refractivity contribution in [1.82, 2.24) is 9.99 Å². The SMILES string of the molecule is CCOC(=O)C1=C(N)N(Nc2ccc(F)cc2)C2=C(C(=O)CC(C)(C)C2)C1c1cc2ccccc2nc1Cl. The summed E-state index contributed by atoms with van der Waals surface area (Å²) in [7, 11) is 0. The second-order valence-corrected chi connectivity index (χ2v) is 10.6. The van der Waals surface area contributed by atoms with Gasteiger partial charge in [0.2, 0.25) is 0 Å². The van der Waals surface area contributed by atoms with E-state index in [0.29, 0.717) is 34.5 Å². The number of ether oxygens (including phenoxy) is 1. The van der Waals surface area contributed by atoms with Gasteiger partial charge in [-0.25, -0.2) is 19.2 Å². The van der Waals surface area contributed by atoms with Gasteiger partial charge < -0.3 is 10.5 Å². The van der Waals surface area contributed by atoms with E-state index in [9.17, 15) is 14.0 Å². The van der Waals surface area contributed by atoms with Gasteiger partial charge in [0.25, 0.3) is 0 Å². The molecule has 3 N–H and O–H groups in total. The number of hydrazine groups is 1. The lowest BCUT2D eigenvalue weighted by molar-refractivity contribution is -0.139. The molecule has 7 nitrogen and oxygen atoms in total. The van der Waals surface area contributed by atoms with Crippen LogP contribution in [-0.2, 0) is 14.3 Å². The third kappa shape index (κ3) is 4.60. The molecule has 0 amide bonds. The predicted molar refractivity (Wildman–Crippen MR) is 144 cm³/mol. The highest BCUT2D eigenvalue weighted by Crippen LogP contribution is 2.50. The number of benzene rings is 2. The number of ketones is 1. The van der Waals surface area contributed by atoms with E-state index in [4.69, 9.17) is 22.1 Å². The molecule has 9 heteroatoms. The standard InChI is InChI=1S/C29H28ClFN4O3/c1-4-38-28(37)25-23(19-13-16-7-5-6-8-20(16)33-26(19)30)24-21(14-29(2,3)15-22(24)36)35(27(25)32)34-18-11-9-17(31)10-12-18/h5-13,23,34H,4,14-15,32H2,1-3H3. The van der Waals surface area contributed by atoms with E-state index >= 15 is 0 Å². The van der Waals surface area contributed by atoms with Crippen molar-refractivity contribution in [3.8, 4) is 0 Å². The number of allylic oxidation sites excluding steroid dienone is 2. The molecule has 196 valence electrons. The first kappa shape index (κ1) is 25.7. The fourth-order valence-corrected chi connectivity index (χ4v) is 5.48. The molecule has 0 spiro atoms. The molecular formula is C29H28ClFN4O3. The molecule has 1 atom stereocenters. The summed E-state index contributed by atoms with van der Waals surface area (Å²) >= 11 is 6.72. The molecule has 1 aliphatic heterocycles. The van der Waals surface area contributed by atoms with Crippen molar-refractivity contribution in [3.63, 3.8) is 0 Å². The highest BCUT2D eigenvalue weighted by atomic mass is 35.5. The number of pyridine rings is 1. The minimum absolute atomic E-state index is 0.0752. The number of halogens is 2. The van der Waals surface area contributed by atoms with E-state index in [0.717, 1.165) is 5.39 Å². The van der Waals surface area contributed by atoms with Gasteiger partial charge >= 0.3 is 5.97 Å². The maximum Gasteiger partial charge on any atom is 0.338 e. The van der Waals surface area contributed by atoms with Crippen molar-refractivity contribution < 1.29 is 18.7 Å². The second kappa shape index (κ2) is 9.76. The highest BCUT2D eigenvalue weighted by Gasteiger charge is 2.47. The van der Waals surface area contributed by atoms with Crippen LogP contribution in [-0.4, -0.2) is 28.4 Å². The fourth-order valence-electron chi connectivity index (χ4n) is 5.22. The first-order valence-electron chi connectivity index (χ1n) is 12.4. The minimum atomic E-state index is -0.872. The summed E-state index contributed by atoms with van der Waals surface area (Å²) in [6, 6.07) is 15.1. The maximum atomic E-state index is 13.8. The molecule has 3 aromatic rings. The molecule has 1 aromatic heterocycles. The molecule has 0 radical (unpaired) electrons. The van der Waals surface area contributed by atoms with Crippen LogP contribution in [0.15, 0.2) is 77.3 Å². The Morgan fingerprint density at radius 1 is 1.21 bits per heavy atom. The van der Waals surface area contributed by atoms with Crippen molar-refractivity contribution in [2.24, 2.45) is 11.1 Å². The van der Waals surface area contributed by atoms with Crippen LogP contribution in [0.3, 0.4) is 0 Å². The van der Waals surface area contributed by atoms with E-state index in [1.54, 1.807) is 24.1 Å². The Balaban J connectivity index is 1.76. The molecule has 1 unspecified atom stereocenters. The molecule has 2 heterocycles. The van der Waals surface area contributed by atoms with Crippen LogP contribution in [0.2, 0.25) is 5.15 Å². The van der Waals surface area contributed by atoms with Crippen LogP contribution < -0.4 is 11.2 Å². The number of aromatic nitrogens is 1. The molecule has 38 heavy (non-hydrogen) atoms. The zero-order chi connectivity index (χ0) is 27.2. The summed E-state index contributed by atoms with van der Waals surface area (Å²) in [6.07, 6.45) is 0.773. The summed E-state index contributed by atoms with van der Waals surface area (Å²) < 4.78 is 19.0. The normalized spacial score (nSPS) is 19.0. The number of carbonyl (C=O) groups excluding carboxylic acids is 2. The average molecular weight is 535 g/mol. The smallest absolute Gasteiger partial charge is 0.338 e. The van der Waals surface area contributed by atoms with Gasteiger partial charge in [0.1, 0.15) is 16.8 Å². The van der Waals surface area contributed by atoms with Crippen molar-refractivity contribution >= 4 is 39.9 Å². The number of nitrogens with zero attached hydrogens (tertiary/aromatic N) is 2. The fraction of sp³-hybridized carbons (Fsp3) is 0.276. The first-order valence-corrected chi connectivity index (χ1v) is 12.8. The van der Waals surface area contributed by atoms with Crippen LogP contribution in [0.25, 0.3) is 10.9 Å². The van der Waals surface area contributed by atoms with Gasteiger partial charge in [0.15, 0.2) is 5.78 Å². The van der Waals surface area contributed by atoms with E-state index in [-0.39, 0.29) is 40.8 Å². The molecule has 2 aromatic carbocycles. The third-order valence-electron chi connectivity index (χ3n) is 6.86. The number of rotatable bonds is 5. The Bertz CT molecular complexity index is 1510. The number of anilines is 1. The second-order valence-electron chi connectivity index (χ2n) is 10.3. The molecule has 0 bridgehead atoms. The summed E-state index contributed by atoms with van der Waals surface area (Å²) in [6.45, 7) is 5.82. The van der Waals surface area contributed by atoms with E-state index in [1.165, 1.54) is 12.1 Å². The molecule has 0 saturated carbocycles. The lowest BCUT2D eigenvalue weighted by Crippen LogP contribution is -2.45. The minimum Gasteiger partial charge on any atom is -0.463 e. The monoisotopic (exact) mass is 534 g/mol. The van der Waals surface area contributed by atoms with Crippen LogP contribution in [0.4, 0.5) is 10.1 Å². The van der Waals surface area contributed by atoms with Crippen molar-refractivity contribution in [1.29, 1.82) is 0 Å². The Morgan fingerprint density at radius 3 is 2.63 bits per heavy atom. The van der Waals surface area contributed by atoms with Gasteiger partial charge in [-0.1, -0.05) is 43.6 Å². The average Bonchev–Trinajstić information content (AvgIpc) is 2.85. The topological polar surface area (TPSA) is 97.5 Å². The number of esters is 1. The van der Waals surface area contributed by atoms with E-state index in [1.807, 2.05) is 44.2 Å². The van der Waals surface area contributed by atoms with Gasteiger partial charge in [-0.3, -0.25) is 10.2 Å². The molecule has 2 aliphatic rings. The van der Waals surface area contributed by atoms with Gasteiger partial charge in [0, 0.05) is 22.9 Å². The number of fused-ring (bicyclic) bond motifs is 1. The van der Waals surface area contributed by atoms with E-state index in [2.05, 4.69) is 10.4 Å². The summed E-state index contributed by atoms with van der Waals surface area (Å²) in [5, 5.41) is 2.53. The Hall–Kier alpha value is -3.91. The van der Waals surface area contributed by atoms with Crippen LogP contribution in [0.1, 0.15) is 45.1 Å². The Labute approximate surface area is 225 Å². The summed E-state index contributed by atoms with van der Waals surface area (Å²) in [4.78, 5) is 31.8. The van der Waals surface area contributed by atoms with Gasteiger partial charge in [0.05, 0.1) is 35.0 Å². The molecule has 5 rings (SSSR count). The van der Waals surface area contributed by atoms with Crippen molar-refractivity contribution in [3.05, 3.63) is 93.8 Å². The molecular weight excluding hydrogens is 507 g/mol. The lowest BCUT2D eigenvalue weighted by atomic mass is 9.69. The summed E-state index contributed by atoms with van der Waals surface area (Å²) in [5.74, 6) is -1.97. The largest absolute Gasteiger partial charge is 0.463 e. The number of nitrogens with one attached hydrogen (secondary N) is 1. The molecule has 0 fully saturated rings. The Kier molecular flexibility index (Phi) is 6.61. The number of hydrogen-bond donors (Lipinski definition) is 2. The number of Topliss-reactive ketones (excluding diaryl/α,β-unsaturated/α-hetero) is 1. The molecule has 1 aliphatic carbocycles. The Morgan fingerprint density at radius 2 is 1.92 bits per heavy atom. The number of carbonyl (C=O) groups is 2. The van der Waals surface area contributed by atoms with Crippen molar-refractivity contribution in [2.75, 3.05) is 12.0 Å². The van der Waals surface area contributed by atoms with Crippen LogP contribution >= 0.6 is 11.6 Å². The zero-order valence-corrected chi connectivity index (χ0v) is 22.1. The van der Waals surface area contributed by atoms with Gasteiger partial charge in [-0.15, -0.1) is 0 Å². The van der Waals surface area contributed by atoms with Gasteiger partial charge in [-0.05, 0) is 55.2 Å². The first-order chi connectivity index (χ1) is 18.1. The van der Waals surface area contributed by atoms with Gasteiger partial charge in [-0.2, -0.15) is 0 Å². The third-order valence-corrected chi connectivity index (χ3v) is 7.16. The lowest BCUT2D eigenvalue weighted by Gasteiger charge is -2.44. The highest BCUT2D eigenvalue weighted by molar-refractivity contribution is 6.31. The molecule has 0 saturated heterocycles. The van der Waals surface area contributed by atoms with E-state index < -0.39 is 17.7 Å². The van der Waals surface area contributed by atoms with Crippen molar-refractivity contribution in [2.45, 2.75) is 39.5 Å². The van der Waals surface area contributed by atoms with Crippen LogP contribution in [0.5, 0.6) is 0 Å². The maximum absolute atomic E-state index is 13.8. The number of hydrogen-bond acceptors (Lipinski definition) is 7. The quantitative estimate of drug-likeness (QED) is 0.314. The number of para-hydroxylation sites is 1. The predicted octanol–water partition coefficient (Wildman–Crippen LogP) is 5.83. The number of nitrogens with two attached hydrogens (primary N) is 1.